The highest BCUT2D eigenvalue weighted by Crippen LogP contribution is 2.48. The van der Waals surface area contributed by atoms with Gasteiger partial charge in [0, 0.05) is 12.2 Å². The third-order valence-electron chi connectivity index (χ3n) is 8.79. The van der Waals surface area contributed by atoms with E-state index in [9.17, 15) is 34.2 Å². The van der Waals surface area contributed by atoms with Gasteiger partial charge in [0.15, 0.2) is 6.04 Å². The molecule has 0 bridgehead atoms. The van der Waals surface area contributed by atoms with Crippen molar-refractivity contribution in [2.24, 2.45) is 0 Å². The largest absolute Gasteiger partial charge is 0.480 e. The van der Waals surface area contributed by atoms with Crippen LogP contribution in [0.15, 0.2) is 152 Å². The van der Waals surface area contributed by atoms with Crippen LogP contribution in [-0.4, -0.2) is 57.9 Å². The fourth-order valence-corrected chi connectivity index (χ4v) is 7.60. The minimum Gasteiger partial charge on any atom is -0.480 e. The Bertz CT molecular complexity index is 1920. The van der Waals surface area contributed by atoms with Gasteiger partial charge in [-0.2, -0.15) is 0 Å². The summed E-state index contributed by atoms with van der Waals surface area (Å²) in [4.78, 5) is 64.6. The van der Waals surface area contributed by atoms with Crippen molar-refractivity contribution < 1.29 is 38.9 Å². The number of alkyl carbamates (subject to hydrolysis) is 1. The summed E-state index contributed by atoms with van der Waals surface area (Å²) < 4.78 is 4.28. The Kier molecular flexibility index (Phi) is 14.2. The Balaban J connectivity index is 1.40. The van der Waals surface area contributed by atoms with Crippen LogP contribution in [0.4, 0.5) is 4.79 Å². The van der Waals surface area contributed by atoms with Crippen molar-refractivity contribution in [3.8, 4) is 0 Å². The number of carbonyl (C=O) groups excluding carboxylic acids is 3. The molecule has 5 rings (SSSR count). The first kappa shape index (κ1) is 39.8. The number of carbonyl (C=O) groups is 5. The minimum absolute atomic E-state index is 0.0240. The number of carboxylic acid groups (broad SMARTS) is 2. The lowest BCUT2D eigenvalue weighted by atomic mass is 9.84. The van der Waals surface area contributed by atoms with Crippen molar-refractivity contribution >= 4 is 41.6 Å². The fraction of sp³-hybridized carbons (Fsp3) is 0.186. The number of rotatable bonds is 18. The maximum atomic E-state index is 14.1. The van der Waals surface area contributed by atoms with E-state index in [1.54, 1.807) is 54.6 Å². The summed E-state index contributed by atoms with van der Waals surface area (Å²) in [6.45, 7) is -0.0787. The number of nitrogens with one attached hydrogen (secondary N) is 3. The number of thioether (sulfide) groups is 1. The van der Waals surface area contributed by atoms with E-state index in [0.29, 0.717) is 11.1 Å². The third kappa shape index (κ3) is 10.8. The molecule has 282 valence electrons. The predicted octanol–water partition coefficient (Wildman–Crippen LogP) is 6.30. The van der Waals surface area contributed by atoms with Crippen molar-refractivity contribution in [1.82, 2.24) is 16.0 Å². The molecule has 0 fully saturated rings. The summed E-state index contributed by atoms with van der Waals surface area (Å²) in [5, 5.41) is 27.5. The number of hydrogen-bond acceptors (Lipinski definition) is 7. The van der Waals surface area contributed by atoms with Crippen LogP contribution in [0.3, 0.4) is 0 Å². The molecule has 0 saturated heterocycles. The lowest BCUT2D eigenvalue weighted by Crippen LogP contribution is -2.51. The van der Waals surface area contributed by atoms with Crippen molar-refractivity contribution in [3.05, 3.63) is 179 Å². The van der Waals surface area contributed by atoms with Crippen LogP contribution in [0.25, 0.3) is 0 Å². The molecule has 0 heterocycles. The molecule has 0 spiro atoms. The first-order valence-corrected chi connectivity index (χ1v) is 18.5. The van der Waals surface area contributed by atoms with E-state index in [-0.39, 0.29) is 25.2 Å². The molecule has 0 saturated carbocycles. The van der Waals surface area contributed by atoms with E-state index in [0.717, 1.165) is 16.7 Å². The Labute approximate surface area is 323 Å². The topological polar surface area (TPSA) is 171 Å². The standard InChI is InChI=1S/C43H41N3O8S/c47-37(27-26-35(40(49)50)45-42(53)54-28-30-16-6-1-7-17-30)44-36(39(48)46-38(41(51)52)31-18-8-2-9-19-31)29-55-43(32-20-10-3-11-21-32,33-22-12-4-13-23-33)34-24-14-5-15-25-34/h1-25,35-36,38H,26-29H2,(H,44,47)(H,45,53)(H,46,48)(H,49,50)(H,51,52)/t35-,36-,38+/m0/s1. The van der Waals surface area contributed by atoms with Gasteiger partial charge in [-0.25, -0.2) is 14.4 Å². The van der Waals surface area contributed by atoms with E-state index < -0.39 is 52.7 Å². The SMILES string of the molecule is O=C(CC[C@H](NC(=O)OCc1ccccc1)C(=O)O)N[C@@H](CSC(c1ccccc1)(c1ccccc1)c1ccccc1)C(=O)N[C@@H](C(=O)O)c1ccccc1. The zero-order valence-corrected chi connectivity index (χ0v) is 30.6. The van der Waals surface area contributed by atoms with Crippen LogP contribution in [0.2, 0.25) is 0 Å². The molecule has 11 nitrogen and oxygen atoms in total. The van der Waals surface area contributed by atoms with Gasteiger partial charge in [0.2, 0.25) is 11.8 Å². The second-order valence-corrected chi connectivity index (χ2v) is 13.8. The van der Waals surface area contributed by atoms with Gasteiger partial charge in [-0.15, -0.1) is 11.8 Å². The van der Waals surface area contributed by atoms with E-state index in [1.165, 1.54) is 11.8 Å². The summed E-state index contributed by atoms with van der Waals surface area (Å²) in [5.74, 6) is -4.12. The minimum atomic E-state index is -1.47. The van der Waals surface area contributed by atoms with Crippen LogP contribution < -0.4 is 16.0 Å². The van der Waals surface area contributed by atoms with E-state index in [4.69, 9.17) is 4.74 Å². The second kappa shape index (κ2) is 19.6. The lowest BCUT2D eigenvalue weighted by molar-refractivity contribution is -0.142. The monoisotopic (exact) mass is 759 g/mol. The molecule has 12 heteroatoms. The van der Waals surface area contributed by atoms with Crippen LogP contribution >= 0.6 is 11.8 Å². The highest BCUT2D eigenvalue weighted by molar-refractivity contribution is 8.00. The Morgan fingerprint density at radius 2 is 1.05 bits per heavy atom. The Hall–Kier alpha value is -6.40. The van der Waals surface area contributed by atoms with Gasteiger partial charge in [-0.3, -0.25) is 9.59 Å². The van der Waals surface area contributed by atoms with Gasteiger partial charge < -0.3 is 30.9 Å². The van der Waals surface area contributed by atoms with Crippen molar-refractivity contribution in [2.75, 3.05) is 5.75 Å². The molecule has 3 amide bonds. The zero-order chi connectivity index (χ0) is 39.0. The van der Waals surface area contributed by atoms with Gasteiger partial charge in [0.1, 0.15) is 18.7 Å². The van der Waals surface area contributed by atoms with Crippen LogP contribution in [0.5, 0.6) is 0 Å². The zero-order valence-electron chi connectivity index (χ0n) is 29.7. The quantitative estimate of drug-likeness (QED) is 0.0644. The number of aliphatic carboxylic acids is 2. The molecular formula is C43H41N3O8S. The van der Waals surface area contributed by atoms with Gasteiger partial charge in [-0.05, 0) is 34.2 Å². The summed E-state index contributed by atoms with van der Waals surface area (Å²) in [6, 6.07) is 42.1. The van der Waals surface area contributed by atoms with Crippen LogP contribution in [-0.2, 0) is 35.3 Å². The summed E-state index contributed by atoms with van der Waals surface area (Å²) in [7, 11) is 0. The van der Waals surface area contributed by atoms with E-state index >= 15 is 0 Å². The molecule has 0 radical (unpaired) electrons. The Morgan fingerprint density at radius 1 is 0.582 bits per heavy atom. The van der Waals surface area contributed by atoms with Gasteiger partial charge in [0.05, 0.1) is 4.75 Å². The molecule has 0 unspecified atom stereocenters. The highest BCUT2D eigenvalue weighted by Gasteiger charge is 2.39. The maximum Gasteiger partial charge on any atom is 0.408 e. The predicted molar refractivity (Wildman–Crippen MR) is 209 cm³/mol. The number of carboxylic acids is 2. The van der Waals surface area contributed by atoms with Crippen molar-refractivity contribution in [1.29, 1.82) is 0 Å². The van der Waals surface area contributed by atoms with Crippen LogP contribution in [0, 0.1) is 0 Å². The molecule has 5 aromatic carbocycles. The number of benzene rings is 5. The van der Waals surface area contributed by atoms with Crippen molar-refractivity contribution in [2.45, 2.75) is 42.3 Å². The van der Waals surface area contributed by atoms with E-state index in [1.807, 2.05) is 97.1 Å². The summed E-state index contributed by atoms with van der Waals surface area (Å²) in [6.07, 6.45) is -1.66. The Morgan fingerprint density at radius 3 is 1.53 bits per heavy atom. The van der Waals surface area contributed by atoms with Crippen molar-refractivity contribution in [3.63, 3.8) is 0 Å². The van der Waals surface area contributed by atoms with Gasteiger partial charge in [0.25, 0.3) is 0 Å². The molecule has 0 aromatic heterocycles. The number of amides is 3. The average Bonchev–Trinajstić information content (AvgIpc) is 3.22. The first-order chi connectivity index (χ1) is 26.7. The normalized spacial score (nSPS) is 12.7. The first-order valence-electron chi connectivity index (χ1n) is 17.6. The molecule has 0 aliphatic heterocycles. The maximum absolute atomic E-state index is 14.1. The fourth-order valence-electron chi connectivity index (χ4n) is 6.04. The van der Waals surface area contributed by atoms with Gasteiger partial charge in [-0.1, -0.05) is 152 Å². The average molecular weight is 760 g/mol. The molecule has 0 aliphatic rings. The summed E-state index contributed by atoms with van der Waals surface area (Å²) >= 11 is 1.39. The second-order valence-electron chi connectivity index (χ2n) is 12.5. The number of ether oxygens (including phenoxy) is 1. The molecule has 5 aromatic rings. The van der Waals surface area contributed by atoms with Gasteiger partial charge >= 0.3 is 18.0 Å². The van der Waals surface area contributed by atoms with Crippen LogP contribution in [0.1, 0.15) is 46.7 Å². The molecule has 5 N–H and O–H groups in total. The van der Waals surface area contributed by atoms with E-state index in [2.05, 4.69) is 16.0 Å². The number of hydrogen-bond donors (Lipinski definition) is 5. The third-order valence-corrected chi connectivity index (χ3v) is 10.4. The smallest absolute Gasteiger partial charge is 0.408 e. The summed E-state index contributed by atoms with van der Waals surface area (Å²) in [5.41, 5.74) is 3.77. The molecule has 55 heavy (non-hydrogen) atoms. The lowest BCUT2D eigenvalue weighted by Gasteiger charge is -2.36. The molecule has 3 atom stereocenters. The highest BCUT2D eigenvalue weighted by atomic mass is 32.2. The molecular weight excluding hydrogens is 719 g/mol. The molecule has 0 aliphatic carbocycles.